The van der Waals surface area contributed by atoms with Crippen molar-refractivity contribution in [2.75, 3.05) is 11.9 Å². The maximum atomic E-state index is 12.2. The van der Waals surface area contributed by atoms with Crippen LogP contribution in [0.15, 0.2) is 97.1 Å². The van der Waals surface area contributed by atoms with Gasteiger partial charge in [0.05, 0.1) is 0 Å². The number of amides is 1. The molecule has 0 spiro atoms. The fraction of sp³-hybridized carbons (Fsp3) is 0.0417. The normalized spacial score (nSPS) is 10.5. The second kappa shape index (κ2) is 7.75. The third-order valence-corrected chi connectivity index (χ3v) is 4.37. The van der Waals surface area contributed by atoms with E-state index in [1.807, 2.05) is 84.9 Å². The average molecular weight is 353 g/mol. The third kappa shape index (κ3) is 4.15. The molecule has 132 valence electrons. The summed E-state index contributed by atoms with van der Waals surface area (Å²) >= 11 is 0. The molecule has 0 aromatic heterocycles. The van der Waals surface area contributed by atoms with E-state index in [4.69, 9.17) is 4.74 Å². The van der Waals surface area contributed by atoms with Gasteiger partial charge in [-0.1, -0.05) is 72.8 Å². The largest absolute Gasteiger partial charge is 0.484 e. The van der Waals surface area contributed by atoms with E-state index in [0.29, 0.717) is 5.75 Å². The molecule has 27 heavy (non-hydrogen) atoms. The Morgan fingerprint density at radius 1 is 0.704 bits per heavy atom. The van der Waals surface area contributed by atoms with Crippen molar-refractivity contribution in [3.8, 4) is 16.9 Å². The topological polar surface area (TPSA) is 38.3 Å². The van der Waals surface area contributed by atoms with Gasteiger partial charge in [-0.15, -0.1) is 0 Å². The number of benzene rings is 4. The van der Waals surface area contributed by atoms with Crippen LogP contribution in [0, 0.1) is 0 Å². The van der Waals surface area contributed by atoms with Gasteiger partial charge in [0.2, 0.25) is 0 Å². The summed E-state index contributed by atoms with van der Waals surface area (Å²) in [6, 6.07) is 31.8. The fourth-order valence-electron chi connectivity index (χ4n) is 2.98. The highest BCUT2D eigenvalue weighted by molar-refractivity contribution is 5.92. The quantitative estimate of drug-likeness (QED) is 0.513. The highest BCUT2D eigenvalue weighted by Gasteiger charge is 2.05. The molecule has 3 heteroatoms. The first kappa shape index (κ1) is 16.9. The predicted molar refractivity (Wildman–Crippen MR) is 110 cm³/mol. The van der Waals surface area contributed by atoms with Gasteiger partial charge in [0.25, 0.3) is 5.91 Å². The van der Waals surface area contributed by atoms with Crippen LogP contribution < -0.4 is 10.1 Å². The van der Waals surface area contributed by atoms with Crippen molar-refractivity contribution in [1.82, 2.24) is 0 Å². The number of anilines is 1. The highest BCUT2D eigenvalue weighted by atomic mass is 16.5. The lowest BCUT2D eigenvalue weighted by atomic mass is 10.1. The minimum Gasteiger partial charge on any atom is -0.484 e. The molecule has 4 aromatic carbocycles. The van der Waals surface area contributed by atoms with E-state index in [1.54, 1.807) is 0 Å². The second-order valence-corrected chi connectivity index (χ2v) is 6.29. The lowest BCUT2D eigenvalue weighted by molar-refractivity contribution is -0.118. The Bertz CT molecular complexity index is 1060. The van der Waals surface area contributed by atoms with Crippen LogP contribution in [0.4, 0.5) is 5.69 Å². The third-order valence-electron chi connectivity index (χ3n) is 4.37. The number of nitrogens with one attached hydrogen (secondary N) is 1. The van der Waals surface area contributed by atoms with Gasteiger partial charge in [0.1, 0.15) is 5.75 Å². The minimum atomic E-state index is -0.185. The van der Waals surface area contributed by atoms with Crippen molar-refractivity contribution in [2.24, 2.45) is 0 Å². The average Bonchev–Trinajstić information content (AvgIpc) is 2.73. The Labute approximate surface area is 158 Å². The van der Waals surface area contributed by atoms with E-state index in [1.165, 1.54) is 0 Å². The summed E-state index contributed by atoms with van der Waals surface area (Å²) in [5, 5.41) is 5.10. The number of hydrogen-bond acceptors (Lipinski definition) is 2. The Morgan fingerprint density at radius 2 is 1.37 bits per heavy atom. The molecule has 0 aliphatic carbocycles. The molecular weight excluding hydrogens is 334 g/mol. The molecule has 0 unspecified atom stereocenters. The van der Waals surface area contributed by atoms with Gasteiger partial charge in [0, 0.05) is 5.69 Å². The first-order chi connectivity index (χ1) is 13.3. The molecule has 4 rings (SSSR count). The Balaban J connectivity index is 1.36. The molecule has 3 nitrogen and oxygen atoms in total. The maximum Gasteiger partial charge on any atom is 0.262 e. The van der Waals surface area contributed by atoms with Crippen LogP contribution in [-0.4, -0.2) is 12.5 Å². The number of carbonyl (C=O) groups excluding carboxylic acids is 1. The zero-order chi connectivity index (χ0) is 18.5. The lowest BCUT2D eigenvalue weighted by Gasteiger charge is -2.09. The SMILES string of the molecule is O=C(COc1ccc2ccccc2c1)Nc1ccc(-c2ccccc2)cc1. The number of hydrogen-bond donors (Lipinski definition) is 1. The summed E-state index contributed by atoms with van der Waals surface area (Å²) < 4.78 is 5.63. The Hall–Kier alpha value is -3.59. The van der Waals surface area contributed by atoms with Crippen LogP contribution in [0.1, 0.15) is 0 Å². The summed E-state index contributed by atoms with van der Waals surface area (Å²) in [5.74, 6) is 0.499. The molecule has 1 amide bonds. The van der Waals surface area contributed by atoms with Crippen molar-refractivity contribution in [3.63, 3.8) is 0 Å². The molecular formula is C24H19NO2. The predicted octanol–water partition coefficient (Wildman–Crippen LogP) is 5.52. The molecule has 1 N–H and O–H groups in total. The van der Waals surface area contributed by atoms with Crippen LogP contribution in [0.25, 0.3) is 21.9 Å². The van der Waals surface area contributed by atoms with Gasteiger partial charge in [-0.25, -0.2) is 0 Å². The van der Waals surface area contributed by atoms with Crippen molar-refractivity contribution >= 4 is 22.4 Å². The molecule has 0 aliphatic heterocycles. The van der Waals surface area contributed by atoms with E-state index in [0.717, 1.165) is 27.6 Å². The molecule has 0 atom stereocenters. The molecule has 0 bridgehead atoms. The monoisotopic (exact) mass is 353 g/mol. The van der Waals surface area contributed by atoms with Gasteiger partial charge >= 0.3 is 0 Å². The van der Waals surface area contributed by atoms with Crippen LogP contribution in [0.2, 0.25) is 0 Å². The first-order valence-electron chi connectivity index (χ1n) is 8.85. The van der Waals surface area contributed by atoms with Crippen molar-refractivity contribution in [2.45, 2.75) is 0 Å². The standard InChI is InChI=1S/C24H19NO2/c26-24(17-27-23-15-12-19-8-4-5-9-21(19)16-23)25-22-13-10-20(11-14-22)18-6-2-1-3-7-18/h1-16H,17H2,(H,25,26). The van der Waals surface area contributed by atoms with Crippen LogP contribution in [-0.2, 0) is 4.79 Å². The molecule has 4 aromatic rings. The summed E-state index contributed by atoms with van der Waals surface area (Å²) in [5.41, 5.74) is 3.01. The van der Waals surface area contributed by atoms with Gasteiger partial charge in [-0.05, 0) is 46.2 Å². The molecule has 0 fully saturated rings. The smallest absolute Gasteiger partial charge is 0.262 e. The molecule has 0 saturated heterocycles. The van der Waals surface area contributed by atoms with Crippen LogP contribution in [0.3, 0.4) is 0 Å². The van der Waals surface area contributed by atoms with Crippen molar-refractivity contribution < 1.29 is 9.53 Å². The molecule has 0 heterocycles. The number of carbonyl (C=O) groups is 1. The number of fused-ring (bicyclic) bond motifs is 1. The summed E-state index contributed by atoms with van der Waals surface area (Å²) in [6.45, 7) is -0.0290. The second-order valence-electron chi connectivity index (χ2n) is 6.29. The summed E-state index contributed by atoms with van der Waals surface area (Å²) in [7, 11) is 0. The first-order valence-corrected chi connectivity index (χ1v) is 8.85. The summed E-state index contributed by atoms with van der Waals surface area (Å²) in [6.07, 6.45) is 0. The van der Waals surface area contributed by atoms with Gasteiger partial charge in [-0.3, -0.25) is 4.79 Å². The highest BCUT2D eigenvalue weighted by Crippen LogP contribution is 2.22. The van der Waals surface area contributed by atoms with Gasteiger partial charge < -0.3 is 10.1 Å². The van der Waals surface area contributed by atoms with E-state index in [2.05, 4.69) is 17.4 Å². The van der Waals surface area contributed by atoms with Gasteiger partial charge in [-0.2, -0.15) is 0 Å². The van der Waals surface area contributed by atoms with E-state index in [-0.39, 0.29) is 12.5 Å². The zero-order valence-corrected chi connectivity index (χ0v) is 14.8. The van der Waals surface area contributed by atoms with Crippen molar-refractivity contribution in [1.29, 1.82) is 0 Å². The number of rotatable bonds is 5. The number of ether oxygens (including phenoxy) is 1. The Morgan fingerprint density at radius 3 is 2.15 bits per heavy atom. The van der Waals surface area contributed by atoms with Crippen LogP contribution >= 0.6 is 0 Å². The van der Waals surface area contributed by atoms with E-state index < -0.39 is 0 Å². The van der Waals surface area contributed by atoms with E-state index in [9.17, 15) is 4.79 Å². The van der Waals surface area contributed by atoms with Crippen LogP contribution in [0.5, 0.6) is 5.75 Å². The van der Waals surface area contributed by atoms with E-state index >= 15 is 0 Å². The lowest BCUT2D eigenvalue weighted by Crippen LogP contribution is -2.20. The van der Waals surface area contributed by atoms with Crippen molar-refractivity contribution in [3.05, 3.63) is 97.1 Å². The molecule has 0 aliphatic rings. The summed E-state index contributed by atoms with van der Waals surface area (Å²) in [4.78, 5) is 12.2. The Kier molecular flexibility index (Phi) is 4.84. The zero-order valence-electron chi connectivity index (χ0n) is 14.8. The molecule has 0 radical (unpaired) electrons. The van der Waals surface area contributed by atoms with Gasteiger partial charge in [0.15, 0.2) is 6.61 Å². The molecule has 0 saturated carbocycles. The fourth-order valence-corrected chi connectivity index (χ4v) is 2.98. The maximum absolute atomic E-state index is 12.2. The minimum absolute atomic E-state index is 0.0290.